The Hall–Kier alpha value is -1.53. The van der Waals surface area contributed by atoms with Crippen molar-refractivity contribution >= 4 is 19.9 Å². The van der Waals surface area contributed by atoms with Gasteiger partial charge in [-0.2, -0.15) is 0 Å². The van der Waals surface area contributed by atoms with Crippen molar-refractivity contribution in [3.63, 3.8) is 0 Å². The van der Waals surface area contributed by atoms with Crippen LogP contribution in [0.2, 0.25) is 18.1 Å². The Balaban J connectivity index is 2.08. The molecule has 1 heterocycles. The summed E-state index contributed by atoms with van der Waals surface area (Å²) in [6.07, 6.45) is 0. The Morgan fingerprint density at radius 1 is 1.32 bits per heavy atom. The fourth-order valence-electron chi connectivity index (χ4n) is 2.44. The molecule has 0 bridgehead atoms. The summed E-state index contributed by atoms with van der Waals surface area (Å²) in [6, 6.07) is 5.55. The van der Waals surface area contributed by atoms with Gasteiger partial charge in [-0.1, -0.05) is 27.7 Å². The van der Waals surface area contributed by atoms with Crippen molar-refractivity contribution in [3.05, 3.63) is 18.2 Å². The number of rotatable bonds is 6. The number of hydrogen-bond acceptors (Lipinski definition) is 4. The molecule has 0 saturated carbocycles. The summed E-state index contributed by atoms with van der Waals surface area (Å²) in [6.45, 7) is 14.7. The van der Waals surface area contributed by atoms with Crippen molar-refractivity contribution in [2.45, 2.75) is 45.8 Å². The van der Waals surface area contributed by atoms with Crippen molar-refractivity contribution in [1.29, 1.82) is 0 Å². The normalized spacial score (nSPS) is 16.3. The second kappa shape index (κ2) is 7.38. The minimum Gasteiger partial charge on any atom is -0.497 e. The third-order valence-electron chi connectivity index (χ3n) is 5.14. The molecule has 0 aromatic heterocycles. The van der Waals surface area contributed by atoms with Gasteiger partial charge in [-0.25, -0.2) is 0 Å². The average Bonchev–Trinajstić information content (AvgIpc) is 2.54. The lowest BCUT2D eigenvalue weighted by atomic mass is 10.1. The zero-order chi connectivity index (χ0) is 18.8. The molecular formula is C19H31NO4Si. The molecule has 1 aliphatic heterocycles. The molecule has 0 saturated heterocycles. The molecule has 0 fully saturated rings. The van der Waals surface area contributed by atoms with Gasteiger partial charge in [-0.15, -0.1) is 0 Å². The van der Waals surface area contributed by atoms with E-state index in [1.165, 1.54) is 0 Å². The van der Waals surface area contributed by atoms with Gasteiger partial charge in [-0.05, 0) is 36.2 Å². The quantitative estimate of drug-likeness (QED) is 0.713. The molecule has 0 N–H and O–H groups in total. The number of benzene rings is 1. The fourth-order valence-corrected chi connectivity index (χ4v) is 3.57. The molecule has 140 valence electrons. The standard InChI is InChI=1S/C19H31NO4Si/c1-14(12-24-25(6,7)19(2,3)4)11-20-16-10-15(22-5)8-9-17(16)23-13-18(20)21/h8-10,14H,11-13H2,1-7H3. The number of amides is 1. The van der Waals surface area contributed by atoms with Gasteiger partial charge >= 0.3 is 0 Å². The summed E-state index contributed by atoms with van der Waals surface area (Å²) < 4.78 is 17.1. The van der Waals surface area contributed by atoms with E-state index in [4.69, 9.17) is 13.9 Å². The monoisotopic (exact) mass is 365 g/mol. The SMILES string of the molecule is COc1ccc2c(c1)N(CC(C)CO[Si](C)(C)C(C)(C)C)C(=O)CO2. The van der Waals surface area contributed by atoms with Gasteiger partial charge < -0.3 is 18.8 Å². The van der Waals surface area contributed by atoms with Crippen LogP contribution in [0.25, 0.3) is 0 Å². The van der Waals surface area contributed by atoms with Gasteiger partial charge in [-0.3, -0.25) is 4.79 Å². The number of methoxy groups -OCH3 is 1. The second-order valence-corrected chi connectivity index (χ2v) is 13.1. The molecular weight excluding hydrogens is 334 g/mol. The Kier molecular flexibility index (Phi) is 5.84. The highest BCUT2D eigenvalue weighted by atomic mass is 28.4. The number of fused-ring (bicyclic) bond motifs is 1. The highest BCUT2D eigenvalue weighted by Crippen LogP contribution is 2.38. The van der Waals surface area contributed by atoms with E-state index in [0.29, 0.717) is 18.9 Å². The first-order chi connectivity index (χ1) is 11.5. The smallest absolute Gasteiger partial charge is 0.265 e. The number of hydrogen-bond donors (Lipinski definition) is 0. The van der Waals surface area contributed by atoms with Gasteiger partial charge in [0.15, 0.2) is 14.9 Å². The molecule has 1 aliphatic rings. The predicted molar refractivity (Wildman–Crippen MR) is 103 cm³/mol. The average molecular weight is 366 g/mol. The van der Waals surface area contributed by atoms with Crippen LogP contribution >= 0.6 is 0 Å². The first kappa shape index (κ1) is 19.8. The molecule has 1 aromatic carbocycles. The molecule has 2 rings (SSSR count). The van der Waals surface area contributed by atoms with E-state index < -0.39 is 8.32 Å². The van der Waals surface area contributed by atoms with Crippen LogP contribution in [0.15, 0.2) is 18.2 Å². The van der Waals surface area contributed by atoms with E-state index in [0.717, 1.165) is 11.4 Å². The minimum absolute atomic E-state index is 0.0278. The lowest BCUT2D eigenvalue weighted by Crippen LogP contribution is -2.45. The summed E-state index contributed by atoms with van der Waals surface area (Å²) in [4.78, 5) is 14.2. The highest BCUT2D eigenvalue weighted by molar-refractivity contribution is 6.74. The van der Waals surface area contributed by atoms with Crippen LogP contribution in [0.1, 0.15) is 27.7 Å². The summed E-state index contributed by atoms with van der Waals surface area (Å²) in [5.74, 6) is 1.64. The fraction of sp³-hybridized carbons (Fsp3) is 0.632. The van der Waals surface area contributed by atoms with E-state index in [2.05, 4.69) is 40.8 Å². The summed E-state index contributed by atoms with van der Waals surface area (Å²) >= 11 is 0. The van der Waals surface area contributed by atoms with Crippen LogP contribution in [-0.2, 0) is 9.22 Å². The lowest BCUT2D eigenvalue weighted by molar-refractivity contribution is -0.121. The van der Waals surface area contributed by atoms with Crippen molar-refractivity contribution in [3.8, 4) is 11.5 Å². The Morgan fingerprint density at radius 3 is 2.60 bits per heavy atom. The van der Waals surface area contributed by atoms with Crippen LogP contribution < -0.4 is 14.4 Å². The first-order valence-electron chi connectivity index (χ1n) is 8.80. The second-order valence-electron chi connectivity index (χ2n) is 8.30. The summed E-state index contributed by atoms with van der Waals surface area (Å²) in [7, 11) is -0.167. The number of carbonyl (C=O) groups is 1. The van der Waals surface area contributed by atoms with Crippen LogP contribution in [0, 0.1) is 5.92 Å². The van der Waals surface area contributed by atoms with Crippen molar-refractivity contribution in [2.24, 2.45) is 5.92 Å². The maximum absolute atomic E-state index is 12.4. The molecule has 1 amide bonds. The molecule has 1 unspecified atom stereocenters. The molecule has 25 heavy (non-hydrogen) atoms. The van der Waals surface area contributed by atoms with E-state index in [-0.39, 0.29) is 23.5 Å². The van der Waals surface area contributed by atoms with Crippen molar-refractivity contribution in [2.75, 3.05) is 31.8 Å². The zero-order valence-corrected chi connectivity index (χ0v) is 17.5. The zero-order valence-electron chi connectivity index (χ0n) is 16.5. The molecule has 6 heteroatoms. The largest absolute Gasteiger partial charge is 0.497 e. The lowest BCUT2D eigenvalue weighted by Gasteiger charge is -2.38. The van der Waals surface area contributed by atoms with Gasteiger partial charge in [0.05, 0.1) is 12.8 Å². The summed E-state index contributed by atoms with van der Waals surface area (Å²) in [5, 5.41) is 0.182. The van der Waals surface area contributed by atoms with Crippen LogP contribution in [0.3, 0.4) is 0 Å². The molecule has 0 spiro atoms. The van der Waals surface area contributed by atoms with E-state index >= 15 is 0 Å². The van der Waals surface area contributed by atoms with E-state index in [9.17, 15) is 4.79 Å². The summed E-state index contributed by atoms with van der Waals surface area (Å²) in [5.41, 5.74) is 0.773. The Labute approximate surface area is 152 Å². The number of nitrogens with zero attached hydrogens (tertiary/aromatic N) is 1. The van der Waals surface area contributed by atoms with Gasteiger partial charge in [0, 0.05) is 19.2 Å². The number of ether oxygens (including phenoxy) is 2. The third-order valence-corrected chi connectivity index (χ3v) is 9.64. The minimum atomic E-state index is -1.78. The number of carbonyl (C=O) groups excluding carboxylic acids is 1. The maximum Gasteiger partial charge on any atom is 0.265 e. The van der Waals surface area contributed by atoms with Gasteiger partial charge in [0.2, 0.25) is 0 Å². The van der Waals surface area contributed by atoms with Crippen LogP contribution in [0.5, 0.6) is 11.5 Å². The highest BCUT2D eigenvalue weighted by Gasteiger charge is 2.37. The molecule has 0 radical (unpaired) electrons. The predicted octanol–water partition coefficient (Wildman–Crippen LogP) is 4.08. The third kappa shape index (κ3) is 4.55. The maximum atomic E-state index is 12.4. The number of anilines is 1. The Bertz CT molecular complexity index is 624. The topological polar surface area (TPSA) is 48.0 Å². The van der Waals surface area contributed by atoms with E-state index in [1.54, 1.807) is 12.0 Å². The Morgan fingerprint density at radius 2 is 2.00 bits per heavy atom. The molecule has 5 nitrogen and oxygen atoms in total. The van der Waals surface area contributed by atoms with Crippen LogP contribution in [-0.4, -0.2) is 41.1 Å². The van der Waals surface area contributed by atoms with Crippen LogP contribution in [0.4, 0.5) is 5.69 Å². The van der Waals surface area contributed by atoms with Crippen molar-refractivity contribution < 1.29 is 18.7 Å². The van der Waals surface area contributed by atoms with E-state index in [1.807, 2.05) is 18.2 Å². The van der Waals surface area contributed by atoms with Gasteiger partial charge in [0.25, 0.3) is 5.91 Å². The molecule has 1 atom stereocenters. The molecule has 1 aromatic rings. The van der Waals surface area contributed by atoms with Crippen molar-refractivity contribution in [1.82, 2.24) is 0 Å². The molecule has 0 aliphatic carbocycles. The van der Waals surface area contributed by atoms with Gasteiger partial charge in [0.1, 0.15) is 11.5 Å². The first-order valence-corrected chi connectivity index (χ1v) is 11.7.